The summed E-state index contributed by atoms with van der Waals surface area (Å²) in [4.78, 5) is 14.5. The molecule has 1 rings (SSSR count). The van der Waals surface area contributed by atoms with Gasteiger partial charge in [0.1, 0.15) is 11.8 Å². The first kappa shape index (κ1) is 15.8. The van der Waals surface area contributed by atoms with Crippen LogP contribution in [0.1, 0.15) is 18.5 Å². The first-order valence-electron chi connectivity index (χ1n) is 6.27. The second-order valence-corrected chi connectivity index (χ2v) is 3.87. The molecule has 1 aromatic carbocycles. The summed E-state index contributed by atoms with van der Waals surface area (Å²) in [6, 6.07) is 6.61. The summed E-state index contributed by atoms with van der Waals surface area (Å²) in [5.74, 6) is 0.287. The maximum Gasteiger partial charge on any atom is 0.327 e. The molecule has 0 aromatic heterocycles. The molecule has 20 heavy (non-hydrogen) atoms. The highest BCUT2D eigenvalue weighted by Crippen LogP contribution is 2.20. The van der Waals surface area contributed by atoms with Gasteiger partial charge in [0, 0.05) is 18.0 Å². The third-order valence-corrected chi connectivity index (χ3v) is 2.56. The van der Waals surface area contributed by atoms with Crippen molar-refractivity contribution in [1.82, 2.24) is 5.32 Å². The lowest BCUT2D eigenvalue weighted by atomic mass is 10.1. The number of nitrogens with zero attached hydrogens (tertiary/aromatic N) is 3. The van der Waals surface area contributed by atoms with Crippen molar-refractivity contribution in [2.75, 3.05) is 26.8 Å². The fourth-order valence-electron chi connectivity index (χ4n) is 1.71. The number of hydrogen-bond acceptors (Lipinski definition) is 5. The van der Waals surface area contributed by atoms with Crippen LogP contribution in [0.2, 0.25) is 0 Å². The zero-order chi connectivity index (χ0) is 14.8. The number of carbonyl (C=O) groups excluding carboxylic acids is 1. The lowest BCUT2D eigenvalue weighted by molar-refractivity contribution is -0.143. The van der Waals surface area contributed by atoms with E-state index in [9.17, 15) is 4.79 Å². The topological polar surface area (TPSA) is 96.3 Å². The van der Waals surface area contributed by atoms with Gasteiger partial charge in [0.25, 0.3) is 0 Å². The number of hydrogen-bond donors (Lipinski definition) is 1. The Labute approximate surface area is 117 Å². The SMILES string of the molecule is CCOc1cccc(C(NCCN=[N+]=[N-])C(=O)OC)c1. The minimum atomic E-state index is -0.616. The summed E-state index contributed by atoms with van der Waals surface area (Å²) in [5, 5.41) is 6.41. The molecule has 1 N–H and O–H groups in total. The molecule has 1 atom stereocenters. The van der Waals surface area contributed by atoms with Crippen LogP contribution in [0.15, 0.2) is 29.4 Å². The average molecular weight is 278 g/mol. The molecule has 0 heterocycles. The van der Waals surface area contributed by atoms with Crippen LogP contribution in [-0.2, 0) is 9.53 Å². The molecule has 1 aromatic rings. The van der Waals surface area contributed by atoms with E-state index in [4.69, 9.17) is 15.0 Å². The van der Waals surface area contributed by atoms with Gasteiger partial charge in [-0.25, -0.2) is 4.79 Å². The van der Waals surface area contributed by atoms with E-state index in [0.29, 0.717) is 18.9 Å². The molecule has 1 unspecified atom stereocenters. The van der Waals surface area contributed by atoms with Gasteiger partial charge in [-0.1, -0.05) is 17.2 Å². The van der Waals surface area contributed by atoms with Gasteiger partial charge in [0.05, 0.1) is 13.7 Å². The summed E-state index contributed by atoms with van der Waals surface area (Å²) in [6.07, 6.45) is 0. The number of esters is 1. The molecule has 0 radical (unpaired) electrons. The van der Waals surface area contributed by atoms with Crippen molar-refractivity contribution in [3.8, 4) is 5.75 Å². The number of ether oxygens (including phenoxy) is 2. The van der Waals surface area contributed by atoms with Crippen LogP contribution in [0.4, 0.5) is 0 Å². The van der Waals surface area contributed by atoms with Crippen molar-refractivity contribution >= 4 is 5.97 Å². The molecule has 0 saturated carbocycles. The predicted molar refractivity (Wildman–Crippen MR) is 74.4 cm³/mol. The Bertz CT molecular complexity index is 486. The average Bonchev–Trinajstić information content (AvgIpc) is 2.47. The summed E-state index contributed by atoms with van der Waals surface area (Å²) >= 11 is 0. The molecule has 7 heteroatoms. The van der Waals surface area contributed by atoms with Crippen molar-refractivity contribution in [1.29, 1.82) is 0 Å². The van der Waals surface area contributed by atoms with Crippen LogP contribution in [0.5, 0.6) is 5.75 Å². The molecule has 0 bridgehead atoms. The molecule has 108 valence electrons. The van der Waals surface area contributed by atoms with E-state index >= 15 is 0 Å². The molecule has 0 aliphatic heterocycles. The first-order valence-corrected chi connectivity index (χ1v) is 6.27. The number of methoxy groups -OCH3 is 1. The molecule has 0 amide bonds. The Hall–Kier alpha value is -2.24. The van der Waals surface area contributed by atoms with Crippen molar-refractivity contribution in [2.24, 2.45) is 5.11 Å². The molecular formula is C13H18N4O3. The lowest BCUT2D eigenvalue weighted by Crippen LogP contribution is -2.31. The Kier molecular flexibility index (Phi) is 6.95. The van der Waals surface area contributed by atoms with Gasteiger partial charge < -0.3 is 14.8 Å². The normalized spacial score (nSPS) is 11.3. The quantitative estimate of drug-likeness (QED) is 0.259. The minimum absolute atomic E-state index is 0.259. The third kappa shape index (κ3) is 4.79. The fourth-order valence-corrected chi connectivity index (χ4v) is 1.71. The van der Waals surface area contributed by atoms with Crippen molar-refractivity contribution in [2.45, 2.75) is 13.0 Å². The van der Waals surface area contributed by atoms with E-state index in [-0.39, 0.29) is 6.54 Å². The number of rotatable bonds is 8. The Balaban J connectivity index is 2.83. The Morgan fingerprint density at radius 1 is 1.55 bits per heavy atom. The standard InChI is InChI=1S/C13H18N4O3/c1-3-20-11-6-4-5-10(9-11)12(13(18)19-2)15-7-8-16-17-14/h4-6,9,12,15H,3,7-8H2,1-2H3. The molecule has 7 nitrogen and oxygen atoms in total. The van der Waals surface area contributed by atoms with E-state index < -0.39 is 12.0 Å². The second-order valence-electron chi connectivity index (χ2n) is 3.87. The van der Waals surface area contributed by atoms with Gasteiger partial charge in [0.2, 0.25) is 0 Å². The van der Waals surface area contributed by atoms with E-state index in [2.05, 4.69) is 15.3 Å². The highest BCUT2D eigenvalue weighted by Gasteiger charge is 2.20. The number of nitrogens with one attached hydrogen (secondary N) is 1. The largest absolute Gasteiger partial charge is 0.494 e. The van der Waals surface area contributed by atoms with Gasteiger partial charge in [-0.3, -0.25) is 0 Å². The first-order chi connectivity index (χ1) is 9.72. The molecular weight excluding hydrogens is 260 g/mol. The zero-order valence-corrected chi connectivity index (χ0v) is 11.6. The maximum absolute atomic E-state index is 11.8. The summed E-state index contributed by atoms with van der Waals surface area (Å²) < 4.78 is 10.2. The van der Waals surface area contributed by atoms with E-state index in [1.807, 2.05) is 25.1 Å². The van der Waals surface area contributed by atoms with Crippen LogP contribution in [0, 0.1) is 0 Å². The van der Waals surface area contributed by atoms with Gasteiger partial charge in [-0.05, 0) is 30.2 Å². The lowest BCUT2D eigenvalue weighted by Gasteiger charge is -2.17. The Morgan fingerprint density at radius 3 is 3.00 bits per heavy atom. The highest BCUT2D eigenvalue weighted by atomic mass is 16.5. The summed E-state index contributed by atoms with van der Waals surface area (Å²) in [5.41, 5.74) is 8.96. The van der Waals surface area contributed by atoms with Gasteiger partial charge in [-0.2, -0.15) is 0 Å². The number of benzene rings is 1. The predicted octanol–water partition coefficient (Wildman–Crippen LogP) is 2.20. The van der Waals surface area contributed by atoms with Gasteiger partial charge in [0.15, 0.2) is 0 Å². The number of azide groups is 1. The maximum atomic E-state index is 11.8. The zero-order valence-electron chi connectivity index (χ0n) is 11.6. The second kappa shape index (κ2) is 8.79. The summed E-state index contributed by atoms with van der Waals surface area (Å²) in [7, 11) is 1.33. The number of carbonyl (C=O) groups is 1. The van der Waals surface area contributed by atoms with Crippen LogP contribution >= 0.6 is 0 Å². The minimum Gasteiger partial charge on any atom is -0.494 e. The molecule has 0 aliphatic carbocycles. The van der Waals surface area contributed by atoms with E-state index in [0.717, 1.165) is 5.56 Å². The molecule has 0 saturated heterocycles. The smallest absolute Gasteiger partial charge is 0.327 e. The van der Waals surface area contributed by atoms with Gasteiger partial charge in [-0.15, -0.1) is 0 Å². The van der Waals surface area contributed by atoms with Crippen molar-refractivity contribution in [3.05, 3.63) is 40.3 Å². The molecule has 0 aliphatic rings. The van der Waals surface area contributed by atoms with Crippen molar-refractivity contribution in [3.63, 3.8) is 0 Å². The van der Waals surface area contributed by atoms with E-state index in [1.165, 1.54) is 7.11 Å². The summed E-state index contributed by atoms with van der Waals surface area (Å²) in [6.45, 7) is 3.08. The van der Waals surface area contributed by atoms with Crippen LogP contribution in [0.25, 0.3) is 10.4 Å². The monoisotopic (exact) mass is 278 g/mol. The molecule has 0 fully saturated rings. The van der Waals surface area contributed by atoms with Crippen molar-refractivity contribution < 1.29 is 14.3 Å². The third-order valence-electron chi connectivity index (χ3n) is 2.56. The fraction of sp³-hybridized carbons (Fsp3) is 0.462. The Morgan fingerprint density at radius 2 is 2.35 bits per heavy atom. The van der Waals surface area contributed by atoms with Crippen LogP contribution in [-0.4, -0.2) is 32.8 Å². The van der Waals surface area contributed by atoms with Gasteiger partial charge >= 0.3 is 5.97 Å². The van der Waals surface area contributed by atoms with E-state index in [1.54, 1.807) is 6.07 Å². The van der Waals surface area contributed by atoms with Crippen LogP contribution < -0.4 is 10.1 Å². The highest BCUT2D eigenvalue weighted by molar-refractivity contribution is 5.77. The molecule has 0 spiro atoms. The van der Waals surface area contributed by atoms with Crippen LogP contribution in [0.3, 0.4) is 0 Å².